The summed E-state index contributed by atoms with van der Waals surface area (Å²) in [6.45, 7) is 3.37. The summed E-state index contributed by atoms with van der Waals surface area (Å²) in [7, 11) is 0. The molecule has 0 bridgehead atoms. The number of nitrogens with one attached hydrogen (secondary N) is 1. The van der Waals surface area contributed by atoms with Crippen molar-refractivity contribution in [1.29, 1.82) is 0 Å². The van der Waals surface area contributed by atoms with Gasteiger partial charge in [-0.25, -0.2) is 0 Å². The molecular weight excluding hydrogens is 182 g/mol. The van der Waals surface area contributed by atoms with Gasteiger partial charge in [0.1, 0.15) is 0 Å². The largest absolute Gasteiger partial charge is 0.310 e. The summed E-state index contributed by atoms with van der Waals surface area (Å²) in [5.41, 5.74) is 0.287. The Bertz CT molecular complexity index is 130. The van der Waals surface area contributed by atoms with Crippen LogP contribution in [0, 0.1) is 0 Å². The number of hydrogen-bond donors (Lipinski definition) is 1. The minimum Gasteiger partial charge on any atom is -0.310 e. The van der Waals surface area contributed by atoms with Crippen LogP contribution in [-0.2, 0) is 0 Å². The van der Waals surface area contributed by atoms with Gasteiger partial charge in [0.15, 0.2) is 0 Å². The van der Waals surface area contributed by atoms with E-state index in [0.717, 1.165) is 12.4 Å². The van der Waals surface area contributed by atoms with Crippen LogP contribution in [0.1, 0.15) is 51.9 Å². The summed E-state index contributed by atoms with van der Waals surface area (Å²) < 4.78 is 0. The van der Waals surface area contributed by atoms with Crippen LogP contribution in [0.4, 0.5) is 0 Å². The highest BCUT2D eigenvalue weighted by Crippen LogP contribution is 2.29. The molecule has 0 saturated heterocycles. The van der Waals surface area contributed by atoms with Gasteiger partial charge >= 0.3 is 0 Å². The molecule has 1 aliphatic rings. The standard InChI is InChI=1S/C11H22ClN/c1-2-3-9-13-11(10-12)7-5-4-6-8-11/h13H,2-10H2,1H3. The van der Waals surface area contributed by atoms with Crippen LogP contribution in [0.5, 0.6) is 0 Å². The van der Waals surface area contributed by atoms with E-state index in [1.165, 1.54) is 44.9 Å². The van der Waals surface area contributed by atoms with Gasteiger partial charge in [-0.1, -0.05) is 32.6 Å². The Labute approximate surface area is 87.2 Å². The molecule has 0 atom stereocenters. The molecule has 0 aromatic carbocycles. The van der Waals surface area contributed by atoms with Crippen molar-refractivity contribution < 1.29 is 0 Å². The first kappa shape index (κ1) is 11.3. The first-order chi connectivity index (χ1) is 6.33. The number of unbranched alkanes of at least 4 members (excludes halogenated alkanes) is 1. The van der Waals surface area contributed by atoms with Crippen LogP contribution >= 0.6 is 11.6 Å². The molecule has 1 nitrogen and oxygen atoms in total. The second-order valence-electron chi connectivity index (χ2n) is 4.25. The lowest BCUT2D eigenvalue weighted by atomic mass is 9.83. The lowest BCUT2D eigenvalue weighted by molar-refractivity contribution is 0.258. The zero-order valence-corrected chi connectivity index (χ0v) is 9.50. The number of hydrogen-bond acceptors (Lipinski definition) is 1. The first-order valence-corrected chi connectivity index (χ1v) is 6.17. The molecular formula is C11H22ClN. The number of rotatable bonds is 5. The van der Waals surface area contributed by atoms with Gasteiger partial charge in [-0.05, 0) is 25.8 Å². The molecule has 78 valence electrons. The molecule has 1 rings (SSSR count). The molecule has 2 heteroatoms. The third-order valence-electron chi connectivity index (χ3n) is 3.10. The Morgan fingerprint density at radius 1 is 1.23 bits per heavy atom. The van der Waals surface area contributed by atoms with Gasteiger partial charge in [0.05, 0.1) is 0 Å². The fourth-order valence-electron chi connectivity index (χ4n) is 2.12. The van der Waals surface area contributed by atoms with Gasteiger partial charge < -0.3 is 5.32 Å². The second kappa shape index (κ2) is 5.87. The molecule has 0 aromatic heterocycles. The van der Waals surface area contributed by atoms with E-state index >= 15 is 0 Å². The molecule has 0 aliphatic heterocycles. The van der Waals surface area contributed by atoms with Crippen molar-refractivity contribution in [3.8, 4) is 0 Å². The lowest BCUT2D eigenvalue weighted by Crippen LogP contribution is -2.48. The minimum atomic E-state index is 0.287. The predicted octanol–water partition coefficient (Wildman–Crippen LogP) is 3.32. The van der Waals surface area contributed by atoms with Crippen LogP contribution in [0.2, 0.25) is 0 Å². The highest BCUT2D eigenvalue weighted by molar-refractivity contribution is 6.18. The molecule has 1 aliphatic carbocycles. The highest BCUT2D eigenvalue weighted by atomic mass is 35.5. The molecule has 1 fully saturated rings. The maximum Gasteiger partial charge on any atom is 0.0406 e. The van der Waals surface area contributed by atoms with E-state index in [0.29, 0.717) is 0 Å². The SMILES string of the molecule is CCCCNC1(CCl)CCCCC1. The third kappa shape index (κ3) is 3.47. The average molecular weight is 204 g/mol. The molecule has 13 heavy (non-hydrogen) atoms. The lowest BCUT2D eigenvalue weighted by Gasteiger charge is -2.36. The Hall–Kier alpha value is 0.250. The first-order valence-electron chi connectivity index (χ1n) is 5.64. The van der Waals surface area contributed by atoms with Crippen LogP contribution in [0.3, 0.4) is 0 Å². The quantitative estimate of drug-likeness (QED) is 0.534. The van der Waals surface area contributed by atoms with Gasteiger partial charge in [-0.3, -0.25) is 0 Å². The van der Waals surface area contributed by atoms with E-state index in [1.807, 2.05) is 0 Å². The van der Waals surface area contributed by atoms with Crippen LogP contribution in [0.15, 0.2) is 0 Å². The monoisotopic (exact) mass is 203 g/mol. The van der Waals surface area contributed by atoms with Gasteiger partial charge in [0.25, 0.3) is 0 Å². The Morgan fingerprint density at radius 2 is 1.92 bits per heavy atom. The molecule has 0 spiro atoms. The Morgan fingerprint density at radius 3 is 2.46 bits per heavy atom. The van der Waals surface area contributed by atoms with Gasteiger partial charge in [-0.15, -0.1) is 11.6 Å². The Kier molecular flexibility index (Phi) is 5.12. The average Bonchev–Trinajstić information content (AvgIpc) is 2.20. The molecule has 0 aromatic rings. The summed E-state index contributed by atoms with van der Waals surface area (Å²) in [6, 6.07) is 0. The predicted molar refractivity (Wildman–Crippen MR) is 59.4 cm³/mol. The van der Waals surface area contributed by atoms with E-state index in [9.17, 15) is 0 Å². The Balaban J connectivity index is 2.29. The fraction of sp³-hybridized carbons (Fsp3) is 1.00. The van der Waals surface area contributed by atoms with E-state index in [4.69, 9.17) is 11.6 Å². The summed E-state index contributed by atoms with van der Waals surface area (Å²) in [6.07, 6.45) is 9.20. The smallest absolute Gasteiger partial charge is 0.0406 e. The van der Waals surface area contributed by atoms with Crippen LogP contribution < -0.4 is 5.32 Å². The topological polar surface area (TPSA) is 12.0 Å². The van der Waals surface area contributed by atoms with Crippen molar-refractivity contribution in [3.05, 3.63) is 0 Å². The minimum absolute atomic E-state index is 0.287. The van der Waals surface area contributed by atoms with Crippen molar-refractivity contribution in [1.82, 2.24) is 5.32 Å². The zero-order chi connectivity index (χ0) is 9.57. The third-order valence-corrected chi connectivity index (χ3v) is 3.61. The number of halogens is 1. The maximum atomic E-state index is 6.05. The number of alkyl halides is 1. The van der Waals surface area contributed by atoms with Crippen molar-refractivity contribution in [2.24, 2.45) is 0 Å². The van der Waals surface area contributed by atoms with E-state index in [2.05, 4.69) is 12.2 Å². The summed E-state index contributed by atoms with van der Waals surface area (Å²) in [5, 5.41) is 3.65. The molecule has 0 heterocycles. The molecule has 1 N–H and O–H groups in total. The second-order valence-corrected chi connectivity index (χ2v) is 4.52. The summed E-state index contributed by atoms with van der Waals surface area (Å²) in [5.74, 6) is 0.788. The molecule has 0 radical (unpaired) electrons. The summed E-state index contributed by atoms with van der Waals surface area (Å²) in [4.78, 5) is 0. The van der Waals surface area contributed by atoms with Crippen LogP contribution in [0.25, 0.3) is 0 Å². The van der Waals surface area contributed by atoms with E-state index in [-0.39, 0.29) is 5.54 Å². The van der Waals surface area contributed by atoms with Crippen molar-refractivity contribution in [2.75, 3.05) is 12.4 Å². The van der Waals surface area contributed by atoms with Gasteiger partial charge in [0, 0.05) is 11.4 Å². The normalized spacial score (nSPS) is 21.7. The molecule has 1 saturated carbocycles. The molecule has 0 amide bonds. The van der Waals surface area contributed by atoms with E-state index < -0.39 is 0 Å². The summed E-state index contributed by atoms with van der Waals surface area (Å²) >= 11 is 6.05. The zero-order valence-electron chi connectivity index (χ0n) is 8.74. The van der Waals surface area contributed by atoms with Crippen LogP contribution in [-0.4, -0.2) is 18.0 Å². The van der Waals surface area contributed by atoms with Crippen molar-refractivity contribution in [3.63, 3.8) is 0 Å². The highest BCUT2D eigenvalue weighted by Gasteiger charge is 2.29. The van der Waals surface area contributed by atoms with Crippen molar-refractivity contribution in [2.45, 2.75) is 57.4 Å². The van der Waals surface area contributed by atoms with Crippen molar-refractivity contribution >= 4 is 11.6 Å². The van der Waals surface area contributed by atoms with Gasteiger partial charge in [0.2, 0.25) is 0 Å². The molecule has 0 unspecified atom stereocenters. The van der Waals surface area contributed by atoms with Gasteiger partial charge in [-0.2, -0.15) is 0 Å². The maximum absolute atomic E-state index is 6.05. The fourth-order valence-corrected chi connectivity index (χ4v) is 2.48. The van der Waals surface area contributed by atoms with E-state index in [1.54, 1.807) is 0 Å².